The van der Waals surface area contributed by atoms with E-state index in [4.69, 9.17) is 4.74 Å². The molecule has 1 aliphatic rings. The first-order valence-electron chi connectivity index (χ1n) is 8.34. The highest BCUT2D eigenvalue weighted by atomic mass is 16.5. The molecule has 2 heterocycles. The Kier molecular flexibility index (Phi) is 4.14. The molecule has 0 fully saturated rings. The number of ether oxygens (including phenoxy) is 1. The van der Waals surface area contributed by atoms with Gasteiger partial charge in [-0.25, -0.2) is 0 Å². The number of aromatic amines is 1. The lowest BCUT2D eigenvalue weighted by molar-refractivity contribution is -0.122. The van der Waals surface area contributed by atoms with E-state index in [0.717, 1.165) is 28.6 Å². The smallest absolute Gasteiger partial charge is 0.276 e. The van der Waals surface area contributed by atoms with Crippen molar-refractivity contribution in [1.82, 2.24) is 10.2 Å². The number of para-hydroxylation sites is 1. The van der Waals surface area contributed by atoms with Crippen molar-refractivity contribution < 1.29 is 14.3 Å². The largest absolute Gasteiger partial charge is 0.375 e. The highest BCUT2D eigenvalue weighted by molar-refractivity contribution is 6.11. The van der Waals surface area contributed by atoms with E-state index in [2.05, 4.69) is 15.5 Å². The summed E-state index contributed by atoms with van der Waals surface area (Å²) >= 11 is 0. The molecule has 1 aliphatic heterocycles. The molecule has 2 aromatic carbocycles. The van der Waals surface area contributed by atoms with Crippen LogP contribution in [-0.2, 0) is 16.0 Å². The standard InChI is InChI=1S/C19H18N4O3/c1-26-11-17(24)23-9-8-12-10-13(6-7-16(12)23)20-19(25)18-14-4-2-3-5-15(14)21-22-18/h2-7,10H,8-9,11H2,1H3,(H,20,25)(H,21,22). The zero-order chi connectivity index (χ0) is 18.1. The third-order valence-electron chi connectivity index (χ3n) is 4.49. The topological polar surface area (TPSA) is 87.3 Å². The Bertz CT molecular complexity index is 995. The second-order valence-corrected chi connectivity index (χ2v) is 6.14. The van der Waals surface area contributed by atoms with E-state index in [0.29, 0.717) is 17.9 Å². The van der Waals surface area contributed by atoms with E-state index in [1.807, 2.05) is 36.4 Å². The molecule has 0 saturated heterocycles. The van der Waals surface area contributed by atoms with Crippen LogP contribution in [0.3, 0.4) is 0 Å². The van der Waals surface area contributed by atoms with Gasteiger partial charge in [0.05, 0.1) is 5.52 Å². The van der Waals surface area contributed by atoms with Crippen molar-refractivity contribution >= 4 is 34.1 Å². The molecule has 132 valence electrons. The normalized spacial score (nSPS) is 13.0. The van der Waals surface area contributed by atoms with Gasteiger partial charge in [-0.2, -0.15) is 5.10 Å². The maximum absolute atomic E-state index is 12.6. The fourth-order valence-corrected chi connectivity index (χ4v) is 3.27. The van der Waals surface area contributed by atoms with Crippen LogP contribution < -0.4 is 10.2 Å². The molecular formula is C19H18N4O3. The molecule has 0 atom stereocenters. The Morgan fingerprint density at radius 3 is 2.96 bits per heavy atom. The van der Waals surface area contributed by atoms with Crippen LogP contribution in [0.2, 0.25) is 0 Å². The van der Waals surface area contributed by atoms with E-state index in [1.165, 1.54) is 7.11 Å². The molecule has 4 rings (SSSR count). The van der Waals surface area contributed by atoms with Gasteiger partial charge in [0.1, 0.15) is 6.61 Å². The van der Waals surface area contributed by atoms with Crippen molar-refractivity contribution in [2.24, 2.45) is 0 Å². The average molecular weight is 350 g/mol. The van der Waals surface area contributed by atoms with E-state index < -0.39 is 0 Å². The summed E-state index contributed by atoms with van der Waals surface area (Å²) in [6.45, 7) is 0.684. The maximum Gasteiger partial charge on any atom is 0.276 e. The first-order valence-corrected chi connectivity index (χ1v) is 8.34. The highest BCUT2D eigenvalue weighted by Crippen LogP contribution is 2.31. The molecule has 0 radical (unpaired) electrons. The fraction of sp³-hybridized carbons (Fsp3) is 0.211. The minimum absolute atomic E-state index is 0.0597. The number of nitrogens with zero attached hydrogens (tertiary/aromatic N) is 2. The van der Waals surface area contributed by atoms with E-state index in [1.54, 1.807) is 11.0 Å². The lowest BCUT2D eigenvalue weighted by Crippen LogP contribution is -2.31. The van der Waals surface area contributed by atoms with Gasteiger partial charge in [-0.05, 0) is 36.2 Å². The van der Waals surface area contributed by atoms with Crippen LogP contribution in [0.1, 0.15) is 16.1 Å². The molecule has 3 aromatic rings. The molecule has 7 heteroatoms. The lowest BCUT2D eigenvalue weighted by atomic mass is 10.1. The fourth-order valence-electron chi connectivity index (χ4n) is 3.27. The number of hydrogen-bond donors (Lipinski definition) is 2. The van der Waals surface area contributed by atoms with Gasteiger partial charge in [0, 0.05) is 30.4 Å². The van der Waals surface area contributed by atoms with Crippen molar-refractivity contribution in [1.29, 1.82) is 0 Å². The summed E-state index contributed by atoms with van der Waals surface area (Å²) in [6, 6.07) is 13.0. The van der Waals surface area contributed by atoms with Crippen molar-refractivity contribution in [2.75, 3.05) is 30.5 Å². The van der Waals surface area contributed by atoms with Crippen LogP contribution in [0, 0.1) is 0 Å². The molecule has 0 aliphatic carbocycles. The lowest BCUT2D eigenvalue weighted by Gasteiger charge is -2.17. The van der Waals surface area contributed by atoms with Crippen LogP contribution in [0.5, 0.6) is 0 Å². The number of H-pyrrole nitrogens is 1. The monoisotopic (exact) mass is 350 g/mol. The Balaban J connectivity index is 1.55. The molecule has 1 aromatic heterocycles. The van der Waals surface area contributed by atoms with E-state index in [9.17, 15) is 9.59 Å². The average Bonchev–Trinajstić information content (AvgIpc) is 3.25. The summed E-state index contributed by atoms with van der Waals surface area (Å²) in [5.41, 5.74) is 3.76. The number of methoxy groups -OCH3 is 1. The number of hydrogen-bond acceptors (Lipinski definition) is 4. The highest BCUT2D eigenvalue weighted by Gasteiger charge is 2.25. The Morgan fingerprint density at radius 1 is 1.27 bits per heavy atom. The predicted octanol–water partition coefficient (Wildman–Crippen LogP) is 2.35. The number of benzene rings is 2. The van der Waals surface area contributed by atoms with Crippen molar-refractivity contribution in [3.63, 3.8) is 0 Å². The van der Waals surface area contributed by atoms with Crippen LogP contribution in [-0.4, -0.2) is 42.3 Å². The van der Waals surface area contributed by atoms with Crippen molar-refractivity contribution in [3.8, 4) is 0 Å². The Labute approximate surface area is 149 Å². The van der Waals surface area contributed by atoms with Crippen LogP contribution in [0.25, 0.3) is 10.9 Å². The third kappa shape index (κ3) is 2.82. The number of fused-ring (bicyclic) bond motifs is 2. The zero-order valence-electron chi connectivity index (χ0n) is 14.3. The number of aromatic nitrogens is 2. The summed E-state index contributed by atoms with van der Waals surface area (Å²) in [5.74, 6) is -0.334. The van der Waals surface area contributed by atoms with Gasteiger partial charge in [0.2, 0.25) is 0 Å². The molecule has 0 spiro atoms. The molecular weight excluding hydrogens is 332 g/mol. The number of nitrogens with one attached hydrogen (secondary N) is 2. The van der Waals surface area contributed by atoms with Crippen LogP contribution in [0.4, 0.5) is 11.4 Å². The molecule has 0 unspecified atom stereocenters. The minimum Gasteiger partial charge on any atom is -0.375 e. The molecule has 0 saturated carbocycles. The number of carbonyl (C=O) groups excluding carboxylic acids is 2. The van der Waals surface area contributed by atoms with Gasteiger partial charge in [0.15, 0.2) is 5.69 Å². The summed E-state index contributed by atoms with van der Waals surface area (Å²) in [6.07, 6.45) is 0.750. The molecule has 7 nitrogen and oxygen atoms in total. The SMILES string of the molecule is COCC(=O)N1CCc2cc(NC(=O)c3n[nH]c4ccccc34)ccc21. The second-order valence-electron chi connectivity index (χ2n) is 6.14. The van der Waals surface area contributed by atoms with Crippen LogP contribution >= 0.6 is 0 Å². The molecule has 0 bridgehead atoms. The summed E-state index contributed by atoms with van der Waals surface area (Å²) in [4.78, 5) is 26.4. The van der Waals surface area contributed by atoms with Gasteiger partial charge < -0.3 is 15.0 Å². The van der Waals surface area contributed by atoms with Gasteiger partial charge in [-0.1, -0.05) is 18.2 Å². The minimum atomic E-state index is -0.271. The number of rotatable bonds is 4. The number of amides is 2. The first-order chi connectivity index (χ1) is 12.7. The Hall–Kier alpha value is -3.19. The van der Waals surface area contributed by atoms with Gasteiger partial charge in [-0.3, -0.25) is 14.7 Å². The van der Waals surface area contributed by atoms with Gasteiger partial charge in [-0.15, -0.1) is 0 Å². The zero-order valence-corrected chi connectivity index (χ0v) is 14.3. The number of anilines is 2. The van der Waals surface area contributed by atoms with Crippen molar-refractivity contribution in [2.45, 2.75) is 6.42 Å². The molecule has 26 heavy (non-hydrogen) atoms. The summed E-state index contributed by atoms with van der Waals surface area (Å²) in [5, 5.41) is 10.6. The molecule has 2 N–H and O–H groups in total. The number of carbonyl (C=O) groups is 2. The predicted molar refractivity (Wildman–Crippen MR) is 98.4 cm³/mol. The van der Waals surface area contributed by atoms with Crippen molar-refractivity contribution in [3.05, 3.63) is 53.7 Å². The second kappa shape index (κ2) is 6.61. The summed E-state index contributed by atoms with van der Waals surface area (Å²) in [7, 11) is 1.51. The van der Waals surface area contributed by atoms with Gasteiger partial charge >= 0.3 is 0 Å². The molecule has 2 amide bonds. The van der Waals surface area contributed by atoms with Gasteiger partial charge in [0.25, 0.3) is 11.8 Å². The summed E-state index contributed by atoms with van der Waals surface area (Å²) < 4.78 is 4.93. The third-order valence-corrected chi connectivity index (χ3v) is 4.49. The maximum atomic E-state index is 12.6. The van der Waals surface area contributed by atoms with Crippen LogP contribution in [0.15, 0.2) is 42.5 Å². The Morgan fingerprint density at radius 2 is 2.12 bits per heavy atom. The van der Waals surface area contributed by atoms with E-state index in [-0.39, 0.29) is 18.4 Å². The first kappa shape index (κ1) is 16.3. The quantitative estimate of drug-likeness (QED) is 0.756. The van der Waals surface area contributed by atoms with E-state index >= 15 is 0 Å².